The average molecular weight is 259 g/mol. The lowest BCUT2D eigenvalue weighted by Crippen LogP contribution is -2.33. The summed E-state index contributed by atoms with van der Waals surface area (Å²) in [6.45, 7) is 1.18. The predicted molar refractivity (Wildman–Crippen MR) is 74.9 cm³/mol. The summed E-state index contributed by atoms with van der Waals surface area (Å²) >= 11 is 0. The third-order valence-corrected chi connectivity index (χ3v) is 4.09. The Balaban J connectivity index is 1.55. The van der Waals surface area contributed by atoms with E-state index < -0.39 is 0 Å². The number of imidazole rings is 1. The van der Waals surface area contributed by atoms with Gasteiger partial charge in [0.25, 0.3) is 0 Å². The van der Waals surface area contributed by atoms with Crippen LogP contribution in [-0.2, 0) is 6.54 Å². The minimum absolute atomic E-state index is 0.346. The smallest absolute Gasteiger partial charge is 0.137 e. The van der Waals surface area contributed by atoms with Crippen molar-refractivity contribution in [1.29, 1.82) is 0 Å². The van der Waals surface area contributed by atoms with Crippen molar-refractivity contribution in [2.24, 2.45) is 5.92 Å². The van der Waals surface area contributed by atoms with Crippen LogP contribution in [-0.4, -0.2) is 27.1 Å². The van der Waals surface area contributed by atoms with Crippen LogP contribution in [0.15, 0.2) is 30.6 Å². The summed E-state index contributed by atoms with van der Waals surface area (Å²) in [6.07, 6.45) is 8.72. The predicted octanol–water partition coefficient (Wildman–Crippen LogP) is 1.97. The van der Waals surface area contributed by atoms with Gasteiger partial charge < -0.3 is 14.8 Å². The number of nitrogens with zero attached hydrogens (tertiary/aromatic N) is 2. The van der Waals surface area contributed by atoms with E-state index in [0.29, 0.717) is 18.6 Å². The third kappa shape index (κ3) is 2.96. The van der Waals surface area contributed by atoms with Crippen molar-refractivity contribution in [3.63, 3.8) is 0 Å². The van der Waals surface area contributed by atoms with Crippen LogP contribution < -0.4 is 5.32 Å². The third-order valence-electron chi connectivity index (χ3n) is 4.09. The molecular formula is C15H21N3O. The summed E-state index contributed by atoms with van der Waals surface area (Å²) in [6, 6.07) is 6.63. The van der Waals surface area contributed by atoms with Crippen molar-refractivity contribution in [1.82, 2.24) is 14.7 Å². The summed E-state index contributed by atoms with van der Waals surface area (Å²) < 4.78 is 2.06. The van der Waals surface area contributed by atoms with E-state index >= 15 is 0 Å². The fourth-order valence-electron chi connectivity index (χ4n) is 2.87. The lowest BCUT2D eigenvalue weighted by Gasteiger charge is -2.27. The zero-order valence-corrected chi connectivity index (χ0v) is 11.1. The molecule has 0 spiro atoms. The molecule has 1 fully saturated rings. The molecule has 0 atom stereocenters. The summed E-state index contributed by atoms with van der Waals surface area (Å²) in [7, 11) is 0. The molecule has 0 radical (unpaired) electrons. The van der Waals surface area contributed by atoms with Gasteiger partial charge in [0.1, 0.15) is 5.65 Å². The van der Waals surface area contributed by atoms with Gasteiger partial charge in [-0.25, -0.2) is 4.98 Å². The van der Waals surface area contributed by atoms with Crippen LogP contribution in [0.25, 0.3) is 5.65 Å². The molecular weight excluding hydrogens is 238 g/mol. The standard InChI is InChI=1S/C15H21N3O/c19-11-12-4-6-13(7-5-12)16-9-14-10-18-8-2-1-3-15(18)17-14/h1-3,8,10,12-13,16,19H,4-7,9,11H2. The van der Waals surface area contributed by atoms with Gasteiger partial charge in [0.05, 0.1) is 5.69 Å². The average Bonchev–Trinajstić information content (AvgIpc) is 2.88. The lowest BCUT2D eigenvalue weighted by molar-refractivity contribution is 0.175. The van der Waals surface area contributed by atoms with E-state index in [0.717, 1.165) is 30.7 Å². The normalized spacial score (nSPS) is 23.8. The summed E-state index contributed by atoms with van der Waals surface area (Å²) in [5.74, 6) is 0.522. The van der Waals surface area contributed by atoms with E-state index in [1.165, 1.54) is 12.8 Å². The first-order valence-electron chi connectivity index (χ1n) is 7.12. The van der Waals surface area contributed by atoms with E-state index in [1.54, 1.807) is 0 Å². The van der Waals surface area contributed by atoms with Crippen LogP contribution >= 0.6 is 0 Å². The van der Waals surface area contributed by atoms with Crippen molar-refractivity contribution in [2.45, 2.75) is 38.3 Å². The number of aliphatic hydroxyl groups is 1. The van der Waals surface area contributed by atoms with Crippen LogP contribution in [0, 0.1) is 5.92 Å². The molecule has 1 aliphatic carbocycles. The topological polar surface area (TPSA) is 49.6 Å². The molecule has 2 aromatic heterocycles. The monoisotopic (exact) mass is 259 g/mol. The zero-order chi connectivity index (χ0) is 13.1. The number of pyridine rings is 1. The molecule has 2 N–H and O–H groups in total. The lowest BCUT2D eigenvalue weighted by atomic mass is 9.86. The maximum Gasteiger partial charge on any atom is 0.137 e. The molecule has 19 heavy (non-hydrogen) atoms. The van der Waals surface area contributed by atoms with Gasteiger partial charge in [-0.3, -0.25) is 0 Å². The largest absolute Gasteiger partial charge is 0.396 e. The van der Waals surface area contributed by atoms with Crippen LogP contribution in [0.2, 0.25) is 0 Å². The fourth-order valence-corrected chi connectivity index (χ4v) is 2.87. The summed E-state index contributed by atoms with van der Waals surface area (Å²) in [4.78, 5) is 4.59. The molecule has 0 saturated heterocycles. The highest BCUT2D eigenvalue weighted by molar-refractivity contribution is 5.39. The van der Waals surface area contributed by atoms with Gasteiger partial charge in [-0.15, -0.1) is 0 Å². The quantitative estimate of drug-likeness (QED) is 0.882. The van der Waals surface area contributed by atoms with Crippen molar-refractivity contribution in [2.75, 3.05) is 6.61 Å². The molecule has 1 saturated carbocycles. The SMILES string of the molecule is OCC1CCC(NCc2cn3ccccc3n2)CC1. The van der Waals surface area contributed by atoms with Crippen molar-refractivity contribution in [3.05, 3.63) is 36.3 Å². The van der Waals surface area contributed by atoms with Crippen molar-refractivity contribution >= 4 is 5.65 Å². The Kier molecular flexibility index (Phi) is 3.80. The first-order chi connectivity index (χ1) is 9.35. The van der Waals surface area contributed by atoms with E-state index in [2.05, 4.69) is 20.9 Å². The minimum atomic E-state index is 0.346. The summed E-state index contributed by atoms with van der Waals surface area (Å²) in [5, 5.41) is 12.7. The van der Waals surface area contributed by atoms with Crippen LogP contribution in [0.3, 0.4) is 0 Å². The Morgan fingerprint density at radius 3 is 2.84 bits per heavy atom. The van der Waals surface area contributed by atoms with E-state index in [-0.39, 0.29) is 0 Å². The zero-order valence-electron chi connectivity index (χ0n) is 11.1. The first-order valence-corrected chi connectivity index (χ1v) is 7.12. The van der Waals surface area contributed by atoms with E-state index in [1.807, 2.05) is 24.4 Å². The second kappa shape index (κ2) is 5.72. The summed E-state index contributed by atoms with van der Waals surface area (Å²) in [5.41, 5.74) is 2.10. The van der Waals surface area contributed by atoms with E-state index in [4.69, 9.17) is 5.11 Å². The molecule has 102 valence electrons. The van der Waals surface area contributed by atoms with Gasteiger partial charge in [0, 0.05) is 31.6 Å². The van der Waals surface area contributed by atoms with Gasteiger partial charge >= 0.3 is 0 Å². The first kappa shape index (κ1) is 12.6. The second-order valence-corrected chi connectivity index (χ2v) is 5.48. The van der Waals surface area contributed by atoms with Crippen molar-refractivity contribution in [3.8, 4) is 0 Å². The molecule has 1 aliphatic rings. The highest BCUT2D eigenvalue weighted by Gasteiger charge is 2.20. The van der Waals surface area contributed by atoms with Crippen molar-refractivity contribution < 1.29 is 5.11 Å². The number of hydrogen-bond donors (Lipinski definition) is 2. The Morgan fingerprint density at radius 2 is 2.11 bits per heavy atom. The highest BCUT2D eigenvalue weighted by Crippen LogP contribution is 2.23. The van der Waals surface area contributed by atoms with Gasteiger partial charge in [0.2, 0.25) is 0 Å². The molecule has 0 aromatic carbocycles. The Labute approximate surface area is 113 Å². The van der Waals surface area contributed by atoms with Gasteiger partial charge in [0.15, 0.2) is 0 Å². The molecule has 0 unspecified atom stereocenters. The fraction of sp³-hybridized carbons (Fsp3) is 0.533. The maximum atomic E-state index is 9.13. The Bertz CT molecular complexity index is 496. The van der Waals surface area contributed by atoms with E-state index in [9.17, 15) is 0 Å². The molecule has 0 bridgehead atoms. The number of aliphatic hydroxyl groups excluding tert-OH is 1. The second-order valence-electron chi connectivity index (χ2n) is 5.48. The van der Waals surface area contributed by atoms with Gasteiger partial charge in [-0.05, 0) is 43.7 Å². The number of aromatic nitrogens is 2. The molecule has 0 amide bonds. The Hall–Kier alpha value is -1.39. The van der Waals surface area contributed by atoms with Crippen LogP contribution in [0.1, 0.15) is 31.4 Å². The minimum Gasteiger partial charge on any atom is -0.396 e. The van der Waals surface area contributed by atoms with Gasteiger partial charge in [-0.1, -0.05) is 6.07 Å². The van der Waals surface area contributed by atoms with Gasteiger partial charge in [-0.2, -0.15) is 0 Å². The number of nitrogens with one attached hydrogen (secondary N) is 1. The number of hydrogen-bond acceptors (Lipinski definition) is 3. The molecule has 4 nitrogen and oxygen atoms in total. The molecule has 3 rings (SSSR count). The Morgan fingerprint density at radius 1 is 1.26 bits per heavy atom. The molecule has 2 heterocycles. The molecule has 0 aliphatic heterocycles. The number of rotatable bonds is 4. The van der Waals surface area contributed by atoms with Crippen LogP contribution in [0.5, 0.6) is 0 Å². The molecule has 4 heteroatoms. The molecule has 2 aromatic rings. The highest BCUT2D eigenvalue weighted by atomic mass is 16.3. The van der Waals surface area contributed by atoms with Crippen LogP contribution in [0.4, 0.5) is 0 Å². The number of fused-ring (bicyclic) bond motifs is 1. The maximum absolute atomic E-state index is 9.13.